The van der Waals surface area contributed by atoms with E-state index in [1.54, 1.807) is 12.1 Å². The van der Waals surface area contributed by atoms with Crippen LogP contribution in [0.4, 0.5) is 5.69 Å². The second-order valence-electron chi connectivity index (χ2n) is 2.43. The van der Waals surface area contributed by atoms with Gasteiger partial charge >= 0.3 is 0 Å². The Labute approximate surface area is 89.0 Å². The molecule has 1 rings (SSSR count). The van der Waals surface area contributed by atoms with Crippen LogP contribution in [0.1, 0.15) is 5.56 Å². The fraction of sp³-hybridized carbons (Fsp3) is 0.250. The predicted molar refractivity (Wildman–Crippen MR) is 55.2 cm³/mol. The lowest BCUT2D eigenvalue weighted by Crippen LogP contribution is -1.97. The van der Waals surface area contributed by atoms with E-state index >= 15 is 0 Å². The molecule has 1 aromatic carbocycles. The first-order valence-corrected chi connectivity index (χ1v) is 4.97. The highest BCUT2D eigenvalue weighted by molar-refractivity contribution is 9.10. The molecule has 0 atom stereocenters. The fourth-order valence-electron chi connectivity index (χ4n) is 1.06. The average molecular weight is 265 g/mol. The van der Waals surface area contributed by atoms with Gasteiger partial charge in [0.15, 0.2) is 0 Å². The largest absolute Gasteiger partial charge is 0.273 e. The molecule has 0 N–H and O–H groups in total. The van der Waals surface area contributed by atoms with Gasteiger partial charge in [0.2, 0.25) is 0 Å². The minimum Gasteiger partial charge on any atom is -0.258 e. The van der Waals surface area contributed by atoms with Crippen molar-refractivity contribution < 1.29 is 4.92 Å². The Morgan fingerprint density at radius 2 is 2.23 bits per heavy atom. The van der Waals surface area contributed by atoms with Crippen molar-refractivity contribution >= 4 is 33.2 Å². The lowest BCUT2D eigenvalue weighted by Gasteiger charge is -2.02. The van der Waals surface area contributed by atoms with Gasteiger partial charge in [-0.3, -0.25) is 10.1 Å². The first-order chi connectivity index (χ1) is 6.16. The molecule has 0 saturated heterocycles. The third-order valence-corrected chi connectivity index (χ3v) is 2.57. The molecule has 0 heterocycles. The van der Waals surface area contributed by atoms with E-state index in [9.17, 15) is 10.1 Å². The van der Waals surface area contributed by atoms with Crippen LogP contribution >= 0.6 is 27.5 Å². The Hall–Kier alpha value is -0.610. The third-order valence-electron chi connectivity index (χ3n) is 1.64. The van der Waals surface area contributed by atoms with Gasteiger partial charge in [-0.1, -0.05) is 22.0 Å². The molecular weight excluding hydrogens is 257 g/mol. The second-order valence-corrected chi connectivity index (χ2v) is 3.67. The van der Waals surface area contributed by atoms with Crippen molar-refractivity contribution in [2.24, 2.45) is 0 Å². The van der Waals surface area contributed by atoms with Gasteiger partial charge in [-0.15, -0.1) is 11.6 Å². The zero-order valence-electron chi connectivity index (χ0n) is 6.67. The van der Waals surface area contributed by atoms with E-state index in [1.165, 1.54) is 6.07 Å². The van der Waals surface area contributed by atoms with Gasteiger partial charge < -0.3 is 0 Å². The van der Waals surface area contributed by atoms with Gasteiger partial charge in [0.1, 0.15) is 0 Å². The number of hydrogen-bond acceptors (Lipinski definition) is 2. The molecule has 5 heteroatoms. The summed E-state index contributed by atoms with van der Waals surface area (Å²) in [6.45, 7) is 0. The molecule has 13 heavy (non-hydrogen) atoms. The highest BCUT2D eigenvalue weighted by Crippen LogP contribution is 2.27. The quantitative estimate of drug-likeness (QED) is 0.478. The van der Waals surface area contributed by atoms with Crippen molar-refractivity contribution in [1.29, 1.82) is 0 Å². The number of hydrogen-bond donors (Lipinski definition) is 0. The first kappa shape index (κ1) is 10.5. The van der Waals surface area contributed by atoms with Gasteiger partial charge in [0.05, 0.1) is 4.92 Å². The molecule has 0 spiro atoms. The summed E-state index contributed by atoms with van der Waals surface area (Å²) in [6.07, 6.45) is 0.499. The number of nitro groups is 1. The van der Waals surface area contributed by atoms with Gasteiger partial charge in [-0.25, -0.2) is 0 Å². The highest BCUT2D eigenvalue weighted by Gasteiger charge is 2.14. The van der Waals surface area contributed by atoms with Crippen LogP contribution in [0, 0.1) is 10.1 Å². The lowest BCUT2D eigenvalue weighted by atomic mass is 10.1. The average Bonchev–Trinajstić information content (AvgIpc) is 2.08. The third kappa shape index (κ3) is 2.42. The second kappa shape index (κ2) is 4.58. The zero-order valence-corrected chi connectivity index (χ0v) is 9.01. The maximum atomic E-state index is 10.6. The Bertz CT molecular complexity index is 330. The Morgan fingerprint density at radius 1 is 1.54 bits per heavy atom. The standard InChI is InChI=1S/C8H7BrClNO2/c9-7-2-1-3-8(11(12)13)6(7)4-5-10/h1-3H,4-5H2. The van der Waals surface area contributed by atoms with E-state index < -0.39 is 4.92 Å². The van der Waals surface area contributed by atoms with Crippen molar-refractivity contribution in [3.63, 3.8) is 0 Å². The smallest absolute Gasteiger partial charge is 0.258 e. The van der Waals surface area contributed by atoms with Crippen LogP contribution in [0.3, 0.4) is 0 Å². The van der Waals surface area contributed by atoms with Crippen molar-refractivity contribution in [2.75, 3.05) is 5.88 Å². The lowest BCUT2D eigenvalue weighted by molar-refractivity contribution is -0.385. The topological polar surface area (TPSA) is 43.1 Å². The molecule has 0 aliphatic carbocycles. The molecule has 0 saturated carbocycles. The van der Waals surface area contributed by atoms with E-state index in [-0.39, 0.29) is 5.69 Å². The SMILES string of the molecule is O=[N+]([O-])c1cccc(Br)c1CCCl. The molecule has 0 aliphatic rings. The maximum Gasteiger partial charge on any atom is 0.273 e. The van der Waals surface area contributed by atoms with Crippen molar-refractivity contribution in [1.82, 2.24) is 0 Å². The molecule has 0 unspecified atom stereocenters. The van der Waals surface area contributed by atoms with Crippen molar-refractivity contribution in [3.8, 4) is 0 Å². The van der Waals surface area contributed by atoms with Crippen molar-refractivity contribution in [2.45, 2.75) is 6.42 Å². The monoisotopic (exact) mass is 263 g/mol. The Balaban J connectivity index is 3.17. The maximum absolute atomic E-state index is 10.6. The van der Waals surface area contributed by atoms with Gasteiger partial charge in [0, 0.05) is 22.0 Å². The fourth-order valence-corrected chi connectivity index (χ4v) is 1.80. The minimum absolute atomic E-state index is 0.120. The molecule has 0 aliphatic heterocycles. The number of halogens is 2. The van der Waals surface area contributed by atoms with E-state index in [2.05, 4.69) is 15.9 Å². The molecule has 70 valence electrons. The molecule has 1 aromatic rings. The van der Waals surface area contributed by atoms with Gasteiger partial charge in [0.25, 0.3) is 5.69 Å². The van der Waals surface area contributed by atoms with E-state index in [0.717, 1.165) is 4.47 Å². The Kier molecular flexibility index (Phi) is 3.69. The zero-order chi connectivity index (χ0) is 9.84. The van der Waals surface area contributed by atoms with Crippen LogP contribution in [0.25, 0.3) is 0 Å². The van der Waals surface area contributed by atoms with Crippen molar-refractivity contribution in [3.05, 3.63) is 38.3 Å². The summed E-state index contributed by atoms with van der Waals surface area (Å²) in [4.78, 5) is 10.2. The van der Waals surface area contributed by atoms with E-state index in [1.807, 2.05) is 0 Å². The molecule has 0 amide bonds. The number of rotatable bonds is 3. The normalized spacial score (nSPS) is 10.0. The summed E-state index contributed by atoms with van der Waals surface area (Å²) in [5, 5.41) is 10.6. The van der Waals surface area contributed by atoms with E-state index in [4.69, 9.17) is 11.6 Å². The minimum atomic E-state index is -0.396. The summed E-state index contributed by atoms with van der Waals surface area (Å²) in [5.74, 6) is 0.378. The first-order valence-electron chi connectivity index (χ1n) is 3.64. The number of alkyl halides is 1. The molecule has 0 fully saturated rings. The Morgan fingerprint density at radius 3 is 2.77 bits per heavy atom. The molecule has 3 nitrogen and oxygen atoms in total. The van der Waals surface area contributed by atoms with Gasteiger partial charge in [-0.05, 0) is 12.5 Å². The van der Waals surface area contributed by atoms with Crippen LogP contribution in [-0.4, -0.2) is 10.8 Å². The van der Waals surface area contributed by atoms with Crippen LogP contribution in [-0.2, 0) is 6.42 Å². The number of nitrogens with zero attached hydrogens (tertiary/aromatic N) is 1. The summed E-state index contributed by atoms with van der Waals surface area (Å²) in [5.41, 5.74) is 0.775. The summed E-state index contributed by atoms with van der Waals surface area (Å²) < 4.78 is 0.738. The highest BCUT2D eigenvalue weighted by atomic mass is 79.9. The number of benzene rings is 1. The molecule has 0 bridgehead atoms. The van der Waals surface area contributed by atoms with E-state index in [0.29, 0.717) is 17.9 Å². The summed E-state index contributed by atoms with van der Waals surface area (Å²) >= 11 is 8.79. The van der Waals surface area contributed by atoms with Crippen LogP contribution in [0.15, 0.2) is 22.7 Å². The summed E-state index contributed by atoms with van der Waals surface area (Å²) in [6, 6.07) is 4.89. The molecular formula is C8H7BrClNO2. The van der Waals surface area contributed by atoms with Crippen LogP contribution in [0.2, 0.25) is 0 Å². The van der Waals surface area contributed by atoms with Crippen LogP contribution in [0.5, 0.6) is 0 Å². The van der Waals surface area contributed by atoms with Crippen LogP contribution < -0.4 is 0 Å². The molecule has 0 aromatic heterocycles. The molecule has 0 radical (unpaired) electrons. The summed E-state index contributed by atoms with van der Waals surface area (Å²) in [7, 11) is 0. The predicted octanol–water partition coefficient (Wildman–Crippen LogP) is 3.14. The number of nitro benzene ring substituents is 1. The van der Waals surface area contributed by atoms with Gasteiger partial charge in [-0.2, -0.15) is 0 Å².